The van der Waals surface area contributed by atoms with E-state index >= 15 is 0 Å². The van der Waals surface area contributed by atoms with Gasteiger partial charge in [-0.15, -0.1) is 0 Å². The minimum Gasteiger partial charge on any atom is -0.351 e. The normalized spacial score (nSPS) is 11.1. The van der Waals surface area contributed by atoms with E-state index < -0.39 is 26.6 Å². The fourth-order valence-corrected chi connectivity index (χ4v) is 2.52. The summed E-state index contributed by atoms with van der Waals surface area (Å²) in [6, 6.07) is 6.81. The van der Waals surface area contributed by atoms with Crippen molar-refractivity contribution in [1.29, 1.82) is 0 Å². The van der Waals surface area contributed by atoms with Crippen LogP contribution in [0.1, 0.15) is 5.56 Å². The van der Waals surface area contributed by atoms with Gasteiger partial charge in [-0.05, 0) is 19.1 Å². The summed E-state index contributed by atoms with van der Waals surface area (Å²) in [4.78, 5) is 13.5. The molecule has 0 atom stereocenters. The van der Waals surface area contributed by atoms with Crippen molar-refractivity contribution in [2.45, 2.75) is 11.8 Å². The molecule has 0 fully saturated rings. The molecule has 0 unspecified atom stereocenters. The summed E-state index contributed by atoms with van der Waals surface area (Å²) in [5.41, 5.74) is 0.239. The number of halogens is 1. The fraction of sp³-hybridized carbons (Fsp3) is 0.0833. The van der Waals surface area contributed by atoms with Crippen molar-refractivity contribution in [1.82, 2.24) is 4.98 Å². The maximum atomic E-state index is 12.1. The van der Waals surface area contributed by atoms with Crippen LogP contribution < -0.4 is 4.18 Å². The minimum absolute atomic E-state index is 0.00165. The van der Waals surface area contributed by atoms with Gasteiger partial charge in [0.2, 0.25) is 0 Å². The van der Waals surface area contributed by atoms with Gasteiger partial charge in [0.25, 0.3) is 0 Å². The number of nitro groups is 1. The first-order valence-electron chi connectivity index (χ1n) is 5.61. The molecule has 2 rings (SSSR count). The van der Waals surface area contributed by atoms with Crippen LogP contribution in [0.5, 0.6) is 5.88 Å². The Hall–Kier alpha value is -2.19. The number of rotatable bonds is 4. The highest BCUT2D eigenvalue weighted by Crippen LogP contribution is 2.29. The van der Waals surface area contributed by atoms with Gasteiger partial charge >= 0.3 is 21.7 Å². The van der Waals surface area contributed by atoms with E-state index in [4.69, 9.17) is 15.8 Å². The first-order chi connectivity index (χ1) is 9.79. The van der Waals surface area contributed by atoms with Gasteiger partial charge in [0.15, 0.2) is 0 Å². The van der Waals surface area contributed by atoms with Crippen LogP contribution in [0.2, 0.25) is 5.02 Å². The highest BCUT2D eigenvalue weighted by Gasteiger charge is 2.25. The van der Waals surface area contributed by atoms with Gasteiger partial charge in [-0.3, -0.25) is 10.1 Å². The lowest BCUT2D eigenvalue weighted by Crippen LogP contribution is -2.11. The Bertz CT molecular complexity index is 790. The average molecular weight is 329 g/mol. The predicted octanol–water partition coefficient (Wildman–Crippen LogP) is 2.72. The molecule has 1 aromatic carbocycles. The van der Waals surface area contributed by atoms with Crippen LogP contribution in [0.4, 0.5) is 5.69 Å². The molecule has 0 amide bonds. The molecule has 1 heterocycles. The number of nitrogens with zero attached hydrogens (tertiary/aromatic N) is 2. The largest absolute Gasteiger partial charge is 0.351 e. The summed E-state index contributed by atoms with van der Waals surface area (Å²) < 4.78 is 28.8. The van der Waals surface area contributed by atoms with Crippen molar-refractivity contribution in [2.24, 2.45) is 0 Å². The summed E-state index contributed by atoms with van der Waals surface area (Å²) in [5, 5.41) is 10.9. The smallest absolute Gasteiger partial charge is 0.340 e. The van der Waals surface area contributed by atoms with E-state index in [0.29, 0.717) is 0 Å². The van der Waals surface area contributed by atoms with Gasteiger partial charge in [0.05, 0.1) is 16.1 Å². The van der Waals surface area contributed by atoms with Gasteiger partial charge in [-0.25, -0.2) is 4.98 Å². The third-order valence-electron chi connectivity index (χ3n) is 2.49. The highest BCUT2D eigenvalue weighted by molar-refractivity contribution is 7.87. The van der Waals surface area contributed by atoms with E-state index in [1.807, 2.05) is 0 Å². The Morgan fingerprint density at radius 1 is 1.29 bits per heavy atom. The second kappa shape index (κ2) is 5.66. The predicted molar refractivity (Wildman–Crippen MR) is 74.9 cm³/mol. The molecule has 0 aliphatic heterocycles. The zero-order valence-electron chi connectivity index (χ0n) is 10.7. The molecule has 2 aromatic rings. The van der Waals surface area contributed by atoms with E-state index in [9.17, 15) is 18.5 Å². The average Bonchev–Trinajstić information content (AvgIpc) is 2.41. The Balaban J connectivity index is 2.41. The molecule has 0 saturated heterocycles. The van der Waals surface area contributed by atoms with Crippen molar-refractivity contribution in [3.8, 4) is 5.88 Å². The van der Waals surface area contributed by atoms with Crippen LogP contribution in [-0.2, 0) is 10.1 Å². The van der Waals surface area contributed by atoms with E-state index in [-0.39, 0.29) is 9.92 Å². The molecule has 0 radical (unpaired) electrons. The number of hydrogen-bond acceptors (Lipinski definition) is 6. The quantitative estimate of drug-likeness (QED) is 0.486. The van der Waals surface area contributed by atoms with Crippen molar-refractivity contribution in [3.63, 3.8) is 0 Å². The van der Waals surface area contributed by atoms with E-state index in [0.717, 1.165) is 17.8 Å². The fourth-order valence-electron chi connectivity index (χ4n) is 1.47. The number of benzene rings is 1. The molecule has 21 heavy (non-hydrogen) atoms. The first kappa shape index (κ1) is 15.2. The van der Waals surface area contributed by atoms with Gasteiger partial charge in [0.1, 0.15) is 4.90 Å². The zero-order chi connectivity index (χ0) is 15.6. The number of aryl methyl sites for hydroxylation is 1. The number of hydrogen-bond donors (Lipinski definition) is 0. The van der Waals surface area contributed by atoms with Gasteiger partial charge in [0, 0.05) is 6.07 Å². The Morgan fingerprint density at radius 2 is 1.90 bits per heavy atom. The lowest BCUT2D eigenvalue weighted by atomic mass is 10.2. The Morgan fingerprint density at radius 3 is 2.48 bits per heavy atom. The molecule has 110 valence electrons. The maximum absolute atomic E-state index is 12.1. The maximum Gasteiger partial charge on any atom is 0.340 e. The van der Waals surface area contributed by atoms with Crippen LogP contribution in [0.15, 0.2) is 41.4 Å². The van der Waals surface area contributed by atoms with Crippen molar-refractivity contribution in [3.05, 3.63) is 57.2 Å². The minimum atomic E-state index is -4.21. The van der Waals surface area contributed by atoms with Crippen molar-refractivity contribution >= 4 is 27.4 Å². The molecule has 0 aliphatic rings. The van der Waals surface area contributed by atoms with Crippen LogP contribution in [0, 0.1) is 17.0 Å². The summed E-state index contributed by atoms with van der Waals surface area (Å²) >= 11 is 5.59. The molecule has 0 spiro atoms. The topological polar surface area (TPSA) is 99.4 Å². The Kier molecular flexibility index (Phi) is 4.10. The van der Waals surface area contributed by atoms with E-state index in [2.05, 4.69) is 4.98 Å². The molecular weight excluding hydrogens is 320 g/mol. The number of pyridine rings is 1. The van der Waals surface area contributed by atoms with Crippen LogP contribution in [0.3, 0.4) is 0 Å². The zero-order valence-corrected chi connectivity index (χ0v) is 12.3. The standard InChI is InChI=1S/C12H9ClN2O5S/c1-8-2-4-10(5-3-8)21(18,19)20-12-11(15(16)17)6-9(13)7-14-12/h2-7H,1H3. The molecular formula is C12H9ClN2O5S. The second-order valence-electron chi connectivity index (χ2n) is 4.09. The van der Waals surface area contributed by atoms with Crippen molar-refractivity contribution < 1.29 is 17.5 Å². The van der Waals surface area contributed by atoms with E-state index in [1.165, 1.54) is 12.1 Å². The highest BCUT2D eigenvalue weighted by atomic mass is 35.5. The van der Waals surface area contributed by atoms with Crippen LogP contribution in [-0.4, -0.2) is 18.3 Å². The van der Waals surface area contributed by atoms with E-state index in [1.54, 1.807) is 19.1 Å². The molecule has 0 saturated carbocycles. The first-order valence-corrected chi connectivity index (χ1v) is 7.39. The Labute approximate surface area is 125 Å². The lowest BCUT2D eigenvalue weighted by Gasteiger charge is -2.06. The lowest BCUT2D eigenvalue weighted by molar-refractivity contribution is -0.385. The molecule has 7 nitrogen and oxygen atoms in total. The molecule has 0 aliphatic carbocycles. The third-order valence-corrected chi connectivity index (χ3v) is 3.93. The van der Waals surface area contributed by atoms with Crippen molar-refractivity contribution in [2.75, 3.05) is 0 Å². The summed E-state index contributed by atoms with van der Waals surface area (Å²) in [5.74, 6) is -0.634. The van der Waals surface area contributed by atoms with Crippen LogP contribution >= 0.6 is 11.6 Å². The molecule has 1 aromatic heterocycles. The summed E-state index contributed by atoms with van der Waals surface area (Å²) in [6.07, 6.45) is 1.06. The van der Waals surface area contributed by atoms with Gasteiger partial charge in [-0.2, -0.15) is 8.42 Å². The monoisotopic (exact) mass is 328 g/mol. The molecule has 0 bridgehead atoms. The summed E-state index contributed by atoms with van der Waals surface area (Å²) in [6.45, 7) is 1.79. The summed E-state index contributed by atoms with van der Waals surface area (Å²) in [7, 11) is -4.21. The van der Waals surface area contributed by atoms with Gasteiger partial charge < -0.3 is 4.18 Å². The number of aromatic nitrogens is 1. The van der Waals surface area contributed by atoms with Crippen LogP contribution in [0.25, 0.3) is 0 Å². The molecule has 9 heteroatoms. The third kappa shape index (κ3) is 3.47. The SMILES string of the molecule is Cc1ccc(S(=O)(=O)Oc2ncc(Cl)cc2[N+](=O)[O-])cc1. The molecule has 0 N–H and O–H groups in total. The van der Waals surface area contributed by atoms with Gasteiger partial charge in [-0.1, -0.05) is 29.3 Å². The second-order valence-corrected chi connectivity index (χ2v) is 6.07.